The molecule has 6 heteroatoms. The van der Waals surface area contributed by atoms with Crippen molar-refractivity contribution in [2.75, 3.05) is 6.61 Å². The van der Waals surface area contributed by atoms with Crippen molar-refractivity contribution < 1.29 is 13.9 Å². The van der Waals surface area contributed by atoms with Crippen LogP contribution in [-0.2, 0) is 9.53 Å². The van der Waals surface area contributed by atoms with Crippen LogP contribution < -0.4 is 5.73 Å². The van der Waals surface area contributed by atoms with Crippen LogP contribution in [0, 0.1) is 5.82 Å². The SMILES string of the molecule is CCOC(=O)/C(C=Nc1ccc(F)cn1)=C/N. The molecule has 0 atom stereocenters. The molecule has 1 heterocycles. The summed E-state index contributed by atoms with van der Waals surface area (Å²) < 4.78 is 17.3. The number of carbonyl (C=O) groups is 1. The Morgan fingerprint density at radius 2 is 2.41 bits per heavy atom. The van der Waals surface area contributed by atoms with Crippen LogP contribution in [-0.4, -0.2) is 23.8 Å². The molecule has 1 aromatic rings. The third-order valence-corrected chi connectivity index (χ3v) is 1.74. The third-order valence-electron chi connectivity index (χ3n) is 1.74. The number of aliphatic imine (C=N–C) groups is 1. The van der Waals surface area contributed by atoms with Gasteiger partial charge >= 0.3 is 5.97 Å². The fraction of sp³-hybridized carbons (Fsp3) is 0.182. The largest absolute Gasteiger partial charge is 0.462 e. The van der Waals surface area contributed by atoms with Crippen LogP contribution in [0.25, 0.3) is 0 Å². The van der Waals surface area contributed by atoms with Crippen molar-refractivity contribution in [3.05, 3.63) is 35.9 Å². The van der Waals surface area contributed by atoms with Crippen LogP contribution in [0.5, 0.6) is 0 Å². The zero-order chi connectivity index (χ0) is 12.7. The Morgan fingerprint density at radius 1 is 1.65 bits per heavy atom. The topological polar surface area (TPSA) is 77.6 Å². The lowest BCUT2D eigenvalue weighted by atomic mass is 10.3. The Labute approximate surface area is 97.8 Å². The van der Waals surface area contributed by atoms with Gasteiger partial charge in [0.15, 0.2) is 5.82 Å². The molecule has 0 saturated carbocycles. The summed E-state index contributed by atoms with van der Waals surface area (Å²) in [5.74, 6) is -0.750. The lowest BCUT2D eigenvalue weighted by Gasteiger charge is -2.00. The number of halogens is 1. The van der Waals surface area contributed by atoms with Gasteiger partial charge in [-0.2, -0.15) is 0 Å². The van der Waals surface area contributed by atoms with Crippen molar-refractivity contribution in [2.45, 2.75) is 6.92 Å². The summed E-state index contributed by atoms with van der Waals surface area (Å²) in [6, 6.07) is 2.60. The van der Waals surface area contributed by atoms with Crippen molar-refractivity contribution in [3.63, 3.8) is 0 Å². The lowest BCUT2D eigenvalue weighted by molar-refractivity contribution is -0.137. The molecular weight excluding hydrogens is 225 g/mol. The maximum atomic E-state index is 12.6. The van der Waals surface area contributed by atoms with E-state index in [4.69, 9.17) is 10.5 Å². The highest BCUT2D eigenvalue weighted by molar-refractivity contribution is 6.09. The Bertz CT molecular complexity index is 441. The normalized spacial score (nSPS) is 11.8. The molecule has 0 saturated heterocycles. The van der Waals surface area contributed by atoms with Gasteiger partial charge in [0.25, 0.3) is 0 Å². The van der Waals surface area contributed by atoms with Crippen LogP contribution in [0.3, 0.4) is 0 Å². The van der Waals surface area contributed by atoms with Gasteiger partial charge in [-0.05, 0) is 19.1 Å². The second kappa shape index (κ2) is 6.37. The molecule has 0 aliphatic carbocycles. The molecule has 0 aliphatic rings. The molecule has 0 radical (unpaired) electrons. The average Bonchev–Trinajstić information content (AvgIpc) is 2.32. The van der Waals surface area contributed by atoms with Gasteiger partial charge in [0.2, 0.25) is 0 Å². The maximum absolute atomic E-state index is 12.6. The van der Waals surface area contributed by atoms with Gasteiger partial charge in [-0.1, -0.05) is 0 Å². The molecular formula is C11H12FN3O2. The van der Waals surface area contributed by atoms with E-state index in [0.29, 0.717) is 0 Å². The van der Waals surface area contributed by atoms with E-state index in [2.05, 4.69) is 9.98 Å². The Hall–Kier alpha value is -2.24. The molecule has 0 unspecified atom stereocenters. The van der Waals surface area contributed by atoms with Crippen molar-refractivity contribution in [3.8, 4) is 0 Å². The fourth-order valence-corrected chi connectivity index (χ4v) is 0.958. The number of nitrogens with zero attached hydrogens (tertiary/aromatic N) is 2. The van der Waals surface area contributed by atoms with E-state index in [1.54, 1.807) is 6.92 Å². The molecule has 0 fully saturated rings. The van der Waals surface area contributed by atoms with Gasteiger partial charge < -0.3 is 10.5 Å². The maximum Gasteiger partial charge on any atom is 0.341 e. The minimum absolute atomic E-state index is 0.109. The fourth-order valence-electron chi connectivity index (χ4n) is 0.958. The summed E-state index contributed by atoms with van der Waals surface area (Å²) in [6.07, 6.45) is 3.34. The first-order valence-corrected chi connectivity index (χ1v) is 4.92. The number of esters is 1. The van der Waals surface area contributed by atoms with E-state index in [9.17, 15) is 9.18 Å². The van der Waals surface area contributed by atoms with E-state index in [1.807, 2.05) is 0 Å². The number of pyridine rings is 1. The van der Waals surface area contributed by atoms with Crippen LogP contribution in [0.15, 0.2) is 35.1 Å². The number of aromatic nitrogens is 1. The zero-order valence-electron chi connectivity index (χ0n) is 9.26. The van der Waals surface area contributed by atoms with Gasteiger partial charge in [0.05, 0.1) is 18.4 Å². The number of hydrogen-bond acceptors (Lipinski definition) is 5. The van der Waals surface area contributed by atoms with Crippen LogP contribution in [0.2, 0.25) is 0 Å². The van der Waals surface area contributed by atoms with Crippen LogP contribution >= 0.6 is 0 Å². The molecule has 1 aromatic heterocycles. The highest BCUT2D eigenvalue weighted by Gasteiger charge is 2.06. The Balaban J connectivity index is 2.75. The lowest BCUT2D eigenvalue weighted by Crippen LogP contribution is -2.10. The number of hydrogen-bond donors (Lipinski definition) is 1. The Kier molecular flexibility index (Phi) is 4.80. The summed E-state index contributed by atoms with van der Waals surface area (Å²) in [6.45, 7) is 1.93. The highest BCUT2D eigenvalue weighted by Crippen LogP contribution is 2.07. The zero-order valence-corrected chi connectivity index (χ0v) is 9.26. The predicted octanol–water partition coefficient (Wildman–Crippen LogP) is 1.33. The first-order chi connectivity index (χ1) is 8.17. The first-order valence-electron chi connectivity index (χ1n) is 4.92. The predicted molar refractivity (Wildman–Crippen MR) is 61.3 cm³/mol. The van der Waals surface area contributed by atoms with E-state index in [0.717, 1.165) is 12.4 Å². The average molecular weight is 237 g/mol. The van der Waals surface area contributed by atoms with Crippen molar-refractivity contribution in [1.82, 2.24) is 4.98 Å². The first kappa shape index (κ1) is 12.8. The van der Waals surface area contributed by atoms with Gasteiger partial charge in [-0.25, -0.2) is 19.2 Å². The molecule has 0 bridgehead atoms. The van der Waals surface area contributed by atoms with Crippen LogP contribution in [0.1, 0.15) is 6.92 Å². The number of nitrogens with two attached hydrogens (primary N) is 1. The van der Waals surface area contributed by atoms with E-state index in [-0.39, 0.29) is 18.0 Å². The summed E-state index contributed by atoms with van der Waals surface area (Å²) in [5, 5.41) is 0. The third kappa shape index (κ3) is 4.02. The summed E-state index contributed by atoms with van der Waals surface area (Å²) >= 11 is 0. The standard InChI is InChI=1S/C11H12FN3O2/c1-2-17-11(16)8(5-13)6-14-10-4-3-9(12)7-15-10/h3-7H,2,13H2,1H3/b8-5+,14-6?. The van der Waals surface area contributed by atoms with Gasteiger partial charge in [-0.15, -0.1) is 0 Å². The molecule has 17 heavy (non-hydrogen) atoms. The molecule has 1 rings (SSSR count). The van der Waals surface area contributed by atoms with E-state index in [1.165, 1.54) is 18.3 Å². The van der Waals surface area contributed by atoms with E-state index >= 15 is 0 Å². The molecule has 2 N–H and O–H groups in total. The molecule has 0 aromatic carbocycles. The summed E-state index contributed by atoms with van der Waals surface area (Å²) in [5.41, 5.74) is 5.37. The summed E-state index contributed by atoms with van der Waals surface area (Å²) in [7, 11) is 0. The minimum Gasteiger partial charge on any atom is -0.462 e. The number of carbonyl (C=O) groups excluding carboxylic acids is 1. The molecule has 0 aliphatic heterocycles. The minimum atomic E-state index is -0.569. The van der Waals surface area contributed by atoms with Crippen LogP contribution in [0.4, 0.5) is 10.2 Å². The van der Waals surface area contributed by atoms with Gasteiger partial charge in [0.1, 0.15) is 5.82 Å². The molecule has 0 amide bonds. The number of ether oxygens (including phenoxy) is 1. The van der Waals surface area contributed by atoms with Crippen molar-refractivity contribution in [1.29, 1.82) is 0 Å². The molecule has 90 valence electrons. The van der Waals surface area contributed by atoms with Crippen molar-refractivity contribution in [2.24, 2.45) is 10.7 Å². The van der Waals surface area contributed by atoms with Gasteiger partial charge in [0, 0.05) is 12.4 Å². The van der Waals surface area contributed by atoms with Crippen molar-refractivity contribution >= 4 is 18.0 Å². The molecule has 0 spiro atoms. The second-order valence-corrected chi connectivity index (χ2v) is 2.94. The summed E-state index contributed by atoms with van der Waals surface area (Å²) in [4.78, 5) is 18.9. The monoisotopic (exact) mass is 237 g/mol. The highest BCUT2D eigenvalue weighted by atomic mass is 19.1. The van der Waals surface area contributed by atoms with E-state index < -0.39 is 11.8 Å². The Morgan fingerprint density at radius 3 is 2.94 bits per heavy atom. The quantitative estimate of drug-likeness (QED) is 0.487. The second-order valence-electron chi connectivity index (χ2n) is 2.94. The van der Waals surface area contributed by atoms with Gasteiger partial charge in [-0.3, -0.25) is 0 Å². The number of rotatable bonds is 4. The molecule has 5 nitrogen and oxygen atoms in total. The smallest absolute Gasteiger partial charge is 0.341 e.